The Morgan fingerprint density at radius 3 is 1.92 bits per heavy atom. The van der Waals surface area contributed by atoms with E-state index in [2.05, 4.69) is 0 Å². The molecule has 0 aliphatic heterocycles. The van der Waals surface area contributed by atoms with Gasteiger partial charge in [-0.15, -0.1) is 0 Å². The third-order valence-electron chi connectivity index (χ3n) is 3.04. The van der Waals surface area contributed by atoms with Gasteiger partial charge < -0.3 is 5.73 Å². The number of nitrogens with two attached hydrogens (primary N) is 1. The first-order valence-corrected chi connectivity index (χ1v) is 4.44. The lowest BCUT2D eigenvalue weighted by molar-refractivity contribution is -0.195. The summed E-state index contributed by atoms with van der Waals surface area (Å²) in [6.07, 6.45) is -3.70. The molecule has 1 rings (SSSR count). The van der Waals surface area contributed by atoms with Crippen molar-refractivity contribution in [1.82, 2.24) is 0 Å². The van der Waals surface area contributed by atoms with Crippen LogP contribution in [0.5, 0.6) is 0 Å². The van der Waals surface area contributed by atoms with Crippen LogP contribution in [0.3, 0.4) is 0 Å². The molecule has 1 nitrogen and oxygen atoms in total. The lowest BCUT2D eigenvalue weighted by atomic mass is 9.87. The summed E-state index contributed by atoms with van der Waals surface area (Å²) in [5.74, 6) is -0.484. The Hall–Kier alpha value is -0.250. The zero-order valence-corrected chi connectivity index (χ0v) is 8.20. The molecule has 2 N–H and O–H groups in total. The van der Waals surface area contributed by atoms with E-state index in [1.807, 2.05) is 13.8 Å². The smallest absolute Gasteiger partial charge is 0.317 e. The summed E-state index contributed by atoms with van der Waals surface area (Å²) < 4.78 is 37.8. The first kappa shape index (κ1) is 10.8. The second kappa shape index (κ2) is 2.62. The molecule has 0 saturated heterocycles. The van der Waals surface area contributed by atoms with Gasteiger partial charge in [-0.1, -0.05) is 20.8 Å². The summed E-state index contributed by atoms with van der Waals surface area (Å²) in [4.78, 5) is 0. The number of alkyl halides is 3. The topological polar surface area (TPSA) is 26.0 Å². The number of hydrogen-bond donors (Lipinski definition) is 1. The van der Waals surface area contributed by atoms with E-state index in [0.29, 0.717) is 6.42 Å². The summed E-state index contributed by atoms with van der Waals surface area (Å²) in [5, 5.41) is 0. The fraction of sp³-hybridized carbons (Fsp3) is 1.00. The lowest BCUT2D eigenvalue weighted by Crippen LogP contribution is -2.55. The van der Waals surface area contributed by atoms with Crippen LogP contribution in [-0.2, 0) is 0 Å². The van der Waals surface area contributed by atoms with Crippen LogP contribution in [0.15, 0.2) is 0 Å². The fourth-order valence-corrected chi connectivity index (χ4v) is 2.43. The van der Waals surface area contributed by atoms with Gasteiger partial charge in [-0.2, -0.15) is 13.2 Å². The van der Waals surface area contributed by atoms with Crippen molar-refractivity contribution in [1.29, 1.82) is 0 Å². The van der Waals surface area contributed by atoms with Crippen molar-refractivity contribution in [3.05, 3.63) is 0 Å². The van der Waals surface area contributed by atoms with E-state index < -0.39 is 17.6 Å². The summed E-state index contributed by atoms with van der Waals surface area (Å²) >= 11 is 0. The third kappa shape index (κ3) is 1.68. The van der Waals surface area contributed by atoms with E-state index in [1.165, 1.54) is 0 Å². The SMILES string of the molecule is CC1CC(C)(C)CC1(N)C(F)(F)F. The number of rotatable bonds is 0. The summed E-state index contributed by atoms with van der Waals surface area (Å²) in [7, 11) is 0. The zero-order chi connectivity index (χ0) is 10.5. The predicted molar refractivity (Wildman–Crippen MR) is 45.2 cm³/mol. The molecule has 2 unspecified atom stereocenters. The van der Waals surface area contributed by atoms with Gasteiger partial charge in [-0.25, -0.2) is 0 Å². The lowest BCUT2D eigenvalue weighted by Gasteiger charge is -2.32. The molecule has 78 valence electrons. The standard InChI is InChI=1S/C9H16F3N/c1-6-4-7(2,3)5-8(6,13)9(10,11)12/h6H,4-5,13H2,1-3H3. The quantitative estimate of drug-likeness (QED) is 0.632. The molecule has 0 bridgehead atoms. The van der Waals surface area contributed by atoms with Gasteiger partial charge >= 0.3 is 6.18 Å². The minimum atomic E-state index is -4.28. The molecule has 0 spiro atoms. The van der Waals surface area contributed by atoms with Crippen LogP contribution in [0.25, 0.3) is 0 Å². The van der Waals surface area contributed by atoms with Crippen LogP contribution < -0.4 is 5.73 Å². The predicted octanol–water partition coefficient (Wildman–Crippen LogP) is 2.70. The molecular weight excluding hydrogens is 179 g/mol. The van der Waals surface area contributed by atoms with Crippen molar-refractivity contribution >= 4 is 0 Å². The Bertz CT molecular complexity index is 209. The number of halogens is 3. The Kier molecular flexibility index (Phi) is 2.19. The van der Waals surface area contributed by atoms with E-state index >= 15 is 0 Å². The molecule has 1 aliphatic carbocycles. The highest BCUT2D eigenvalue weighted by atomic mass is 19.4. The Balaban J connectivity index is 2.94. The maximum Gasteiger partial charge on any atom is 0.406 e. The van der Waals surface area contributed by atoms with Gasteiger partial charge in [0.15, 0.2) is 0 Å². The molecule has 4 heteroatoms. The molecule has 0 amide bonds. The highest BCUT2D eigenvalue weighted by Crippen LogP contribution is 2.52. The molecule has 1 aliphatic rings. The van der Waals surface area contributed by atoms with Crippen molar-refractivity contribution < 1.29 is 13.2 Å². The van der Waals surface area contributed by atoms with Crippen molar-refractivity contribution in [3.63, 3.8) is 0 Å². The van der Waals surface area contributed by atoms with E-state index in [-0.39, 0.29) is 11.8 Å². The van der Waals surface area contributed by atoms with Gasteiger partial charge in [0.2, 0.25) is 0 Å². The molecule has 0 radical (unpaired) electrons. The van der Waals surface area contributed by atoms with Crippen LogP contribution in [0.1, 0.15) is 33.6 Å². The van der Waals surface area contributed by atoms with Crippen LogP contribution in [0.4, 0.5) is 13.2 Å². The highest BCUT2D eigenvalue weighted by Gasteiger charge is 2.61. The second-order valence-corrected chi connectivity index (χ2v) is 4.98. The van der Waals surface area contributed by atoms with E-state index in [4.69, 9.17) is 5.73 Å². The minimum absolute atomic E-state index is 0.0324. The van der Waals surface area contributed by atoms with Crippen LogP contribution in [0, 0.1) is 11.3 Å². The Labute approximate surface area is 76.5 Å². The monoisotopic (exact) mass is 195 g/mol. The molecule has 13 heavy (non-hydrogen) atoms. The van der Waals surface area contributed by atoms with Crippen LogP contribution in [-0.4, -0.2) is 11.7 Å². The van der Waals surface area contributed by atoms with Crippen molar-refractivity contribution in [2.75, 3.05) is 0 Å². The second-order valence-electron chi connectivity index (χ2n) is 4.98. The Morgan fingerprint density at radius 1 is 1.31 bits per heavy atom. The molecule has 2 atom stereocenters. The normalized spacial score (nSPS) is 39.5. The molecule has 0 aromatic heterocycles. The van der Waals surface area contributed by atoms with Gasteiger partial charge in [-0.05, 0) is 24.2 Å². The minimum Gasteiger partial charge on any atom is -0.317 e. The van der Waals surface area contributed by atoms with Crippen LogP contribution >= 0.6 is 0 Å². The number of hydrogen-bond acceptors (Lipinski definition) is 1. The fourth-order valence-electron chi connectivity index (χ4n) is 2.43. The van der Waals surface area contributed by atoms with E-state index in [9.17, 15) is 13.2 Å². The molecule has 0 aromatic rings. The van der Waals surface area contributed by atoms with Crippen molar-refractivity contribution in [2.24, 2.45) is 17.1 Å². The van der Waals surface area contributed by atoms with Crippen molar-refractivity contribution in [3.8, 4) is 0 Å². The van der Waals surface area contributed by atoms with Crippen molar-refractivity contribution in [2.45, 2.75) is 45.3 Å². The first-order valence-electron chi connectivity index (χ1n) is 4.44. The van der Waals surface area contributed by atoms with Gasteiger partial charge in [0.25, 0.3) is 0 Å². The first-order chi connectivity index (χ1) is 5.58. The molecule has 1 fully saturated rings. The maximum atomic E-state index is 12.6. The average Bonchev–Trinajstić information content (AvgIpc) is 2.00. The van der Waals surface area contributed by atoms with Gasteiger partial charge in [0.05, 0.1) is 0 Å². The van der Waals surface area contributed by atoms with Gasteiger partial charge in [0.1, 0.15) is 5.54 Å². The van der Waals surface area contributed by atoms with Gasteiger partial charge in [0, 0.05) is 0 Å². The molecule has 0 heterocycles. The summed E-state index contributed by atoms with van der Waals surface area (Å²) in [6, 6.07) is 0. The molecular formula is C9H16F3N. The summed E-state index contributed by atoms with van der Waals surface area (Å²) in [5.41, 5.74) is 3.17. The van der Waals surface area contributed by atoms with Crippen LogP contribution in [0.2, 0.25) is 0 Å². The zero-order valence-electron chi connectivity index (χ0n) is 8.20. The highest BCUT2D eigenvalue weighted by molar-refractivity contribution is 5.06. The summed E-state index contributed by atoms with van der Waals surface area (Å²) in [6.45, 7) is 5.26. The molecule has 0 aromatic carbocycles. The third-order valence-corrected chi connectivity index (χ3v) is 3.04. The Morgan fingerprint density at radius 2 is 1.77 bits per heavy atom. The maximum absolute atomic E-state index is 12.6. The van der Waals surface area contributed by atoms with E-state index in [1.54, 1.807) is 6.92 Å². The largest absolute Gasteiger partial charge is 0.406 e. The average molecular weight is 195 g/mol. The van der Waals surface area contributed by atoms with E-state index in [0.717, 1.165) is 0 Å². The molecule has 1 saturated carbocycles. The van der Waals surface area contributed by atoms with Gasteiger partial charge in [-0.3, -0.25) is 0 Å².